The Labute approximate surface area is 208 Å². The van der Waals surface area contributed by atoms with Gasteiger partial charge < -0.3 is 10.1 Å². The van der Waals surface area contributed by atoms with Crippen LogP contribution >= 0.6 is 0 Å². The van der Waals surface area contributed by atoms with Gasteiger partial charge in [0.25, 0.3) is 5.91 Å². The Bertz CT molecular complexity index is 1500. The summed E-state index contributed by atoms with van der Waals surface area (Å²) < 4.78 is 31.9. The maximum absolute atomic E-state index is 12.7. The summed E-state index contributed by atoms with van der Waals surface area (Å²) in [5.41, 5.74) is 3.74. The zero-order valence-corrected chi connectivity index (χ0v) is 20.5. The topological polar surface area (TPSA) is 119 Å². The SMILES string of the molecule is Cc1ccc(-c2cc(NC(=O)COC(=O)c3cccc(NS(C)(=O)=O)c3)n(-c3ccccc3)n2)cc1. The first-order valence-corrected chi connectivity index (χ1v) is 12.8. The van der Waals surface area contributed by atoms with E-state index in [9.17, 15) is 18.0 Å². The predicted octanol–water partition coefficient (Wildman–Crippen LogP) is 4.01. The average molecular weight is 505 g/mol. The van der Waals surface area contributed by atoms with Crippen molar-refractivity contribution in [2.75, 3.05) is 22.9 Å². The van der Waals surface area contributed by atoms with Crippen LogP contribution in [0.15, 0.2) is 84.9 Å². The van der Waals surface area contributed by atoms with Crippen molar-refractivity contribution in [2.45, 2.75) is 6.92 Å². The van der Waals surface area contributed by atoms with E-state index in [0.717, 1.165) is 23.1 Å². The first-order chi connectivity index (χ1) is 17.2. The molecule has 0 aliphatic heterocycles. The second kappa shape index (κ2) is 10.4. The van der Waals surface area contributed by atoms with Gasteiger partial charge in [-0.25, -0.2) is 17.9 Å². The van der Waals surface area contributed by atoms with Crippen molar-refractivity contribution >= 4 is 33.4 Å². The molecule has 0 unspecified atom stereocenters. The van der Waals surface area contributed by atoms with Crippen LogP contribution < -0.4 is 10.0 Å². The molecule has 0 fully saturated rings. The summed E-state index contributed by atoms with van der Waals surface area (Å²) in [6.45, 7) is 1.46. The number of aromatic nitrogens is 2. The van der Waals surface area contributed by atoms with E-state index in [4.69, 9.17) is 4.74 Å². The van der Waals surface area contributed by atoms with Crippen molar-refractivity contribution < 1.29 is 22.7 Å². The third-order valence-corrected chi connectivity index (χ3v) is 5.67. The number of ether oxygens (including phenoxy) is 1. The van der Waals surface area contributed by atoms with E-state index >= 15 is 0 Å². The molecule has 184 valence electrons. The molecule has 1 amide bonds. The largest absolute Gasteiger partial charge is 0.452 e. The molecule has 1 aromatic heterocycles. The first-order valence-electron chi connectivity index (χ1n) is 11.0. The lowest BCUT2D eigenvalue weighted by Gasteiger charge is -2.10. The standard InChI is InChI=1S/C26H24N4O5S/c1-18-11-13-19(14-12-18)23-16-24(30(28-23)22-9-4-3-5-10-22)27-25(31)17-35-26(32)20-7-6-8-21(15-20)29-36(2,33)34/h3-16,29H,17H2,1-2H3,(H,27,31). The molecule has 10 heteroatoms. The molecule has 0 aliphatic carbocycles. The summed E-state index contributed by atoms with van der Waals surface area (Å²) in [5.74, 6) is -0.905. The van der Waals surface area contributed by atoms with Gasteiger partial charge in [-0.05, 0) is 37.3 Å². The minimum Gasteiger partial charge on any atom is -0.452 e. The molecule has 2 N–H and O–H groups in total. The Balaban J connectivity index is 1.49. The van der Waals surface area contributed by atoms with E-state index in [1.54, 1.807) is 10.7 Å². The van der Waals surface area contributed by atoms with Crippen LogP contribution in [0.1, 0.15) is 15.9 Å². The molecule has 3 aromatic carbocycles. The summed E-state index contributed by atoms with van der Waals surface area (Å²) in [6.07, 6.45) is 1.01. The Morgan fingerprint density at radius 3 is 2.36 bits per heavy atom. The number of hydrogen-bond donors (Lipinski definition) is 2. The van der Waals surface area contributed by atoms with Gasteiger partial charge in [-0.2, -0.15) is 5.10 Å². The van der Waals surface area contributed by atoms with Gasteiger partial charge in [-0.15, -0.1) is 0 Å². The normalized spacial score (nSPS) is 11.1. The van der Waals surface area contributed by atoms with E-state index in [1.807, 2.05) is 61.5 Å². The number of carbonyl (C=O) groups is 2. The molecule has 9 nitrogen and oxygen atoms in total. The van der Waals surface area contributed by atoms with Crippen LogP contribution in [0, 0.1) is 6.92 Å². The zero-order chi connectivity index (χ0) is 25.7. The number of carbonyl (C=O) groups excluding carboxylic acids is 2. The molecule has 0 atom stereocenters. The van der Waals surface area contributed by atoms with Gasteiger partial charge in [0.15, 0.2) is 6.61 Å². The number of esters is 1. The van der Waals surface area contributed by atoms with E-state index in [2.05, 4.69) is 15.1 Å². The van der Waals surface area contributed by atoms with Crippen LogP contribution in [0.5, 0.6) is 0 Å². The number of nitrogens with one attached hydrogen (secondary N) is 2. The van der Waals surface area contributed by atoms with Crippen LogP contribution in [0.3, 0.4) is 0 Å². The first kappa shape index (κ1) is 24.7. The van der Waals surface area contributed by atoms with Gasteiger partial charge in [-0.3, -0.25) is 9.52 Å². The van der Waals surface area contributed by atoms with Crippen LogP contribution in [0.4, 0.5) is 11.5 Å². The molecule has 0 saturated heterocycles. The Morgan fingerprint density at radius 2 is 1.67 bits per heavy atom. The second-order valence-electron chi connectivity index (χ2n) is 8.11. The highest BCUT2D eigenvalue weighted by Crippen LogP contribution is 2.25. The van der Waals surface area contributed by atoms with Crippen molar-refractivity contribution in [1.29, 1.82) is 0 Å². The van der Waals surface area contributed by atoms with Crippen LogP contribution in [0.2, 0.25) is 0 Å². The molecule has 0 bridgehead atoms. The minimum absolute atomic E-state index is 0.104. The smallest absolute Gasteiger partial charge is 0.338 e. The quantitative estimate of drug-likeness (QED) is 0.350. The predicted molar refractivity (Wildman–Crippen MR) is 138 cm³/mol. The number of rotatable bonds is 8. The summed E-state index contributed by atoms with van der Waals surface area (Å²) in [5, 5.41) is 7.41. The third-order valence-electron chi connectivity index (χ3n) is 5.06. The number of sulfonamides is 1. The van der Waals surface area contributed by atoms with Crippen molar-refractivity contribution in [3.63, 3.8) is 0 Å². The maximum atomic E-state index is 12.7. The number of benzene rings is 3. The van der Waals surface area contributed by atoms with Gasteiger partial charge in [0.05, 0.1) is 23.2 Å². The van der Waals surface area contributed by atoms with E-state index in [-0.39, 0.29) is 11.3 Å². The summed E-state index contributed by atoms with van der Waals surface area (Å²) >= 11 is 0. The molecule has 36 heavy (non-hydrogen) atoms. The lowest BCUT2D eigenvalue weighted by atomic mass is 10.1. The molecular formula is C26H24N4O5S. The van der Waals surface area contributed by atoms with Crippen molar-refractivity contribution in [1.82, 2.24) is 9.78 Å². The molecule has 4 rings (SSSR count). The molecule has 0 spiro atoms. The fourth-order valence-corrected chi connectivity index (χ4v) is 3.97. The number of hydrogen-bond acceptors (Lipinski definition) is 6. The Kier molecular flexibility index (Phi) is 7.16. The van der Waals surface area contributed by atoms with Gasteiger partial charge in [0.1, 0.15) is 5.82 Å². The van der Waals surface area contributed by atoms with E-state index < -0.39 is 28.5 Å². The average Bonchev–Trinajstić information content (AvgIpc) is 3.26. The second-order valence-corrected chi connectivity index (χ2v) is 9.86. The summed E-state index contributed by atoms with van der Waals surface area (Å²) in [4.78, 5) is 25.1. The van der Waals surface area contributed by atoms with Crippen LogP contribution in [-0.2, 0) is 19.6 Å². The zero-order valence-electron chi connectivity index (χ0n) is 19.6. The number of amides is 1. The van der Waals surface area contributed by atoms with Gasteiger partial charge in [0.2, 0.25) is 10.0 Å². The van der Waals surface area contributed by atoms with Crippen LogP contribution in [0.25, 0.3) is 16.9 Å². The molecule has 0 aliphatic rings. The number of anilines is 2. The van der Waals surface area contributed by atoms with Crippen molar-refractivity contribution in [3.05, 3.63) is 96.1 Å². The molecule has 4 aromatic rings. The van der Waals surface area contributed by atoms with E-state index in [0.29, 0.717) is 11.5 Å². The summed E-state index contributed by atoms with van der Waals surface area (Å²) in [6, 6.07) is 24.7. The van der Waals surface area contributed by atoms with E-state index in [1.165, 1.54) is 24.3 Å². The highest BCUT2D eigenvalue weighted by atomic mass is 32.2. The number of para-hydroxylation sites is 1. The minimum atomic E-state index is -3.50. The fourth-order valence-electron chi connectivity index (χ4n) is 3.42. The third kappa shape index (κ3) is 6.36. The van der Waals surface area contributed by atoms with Crippen molar-refractivity contribution in [2.24, 2.45) is 0 Å². The molecule has 0 radical (unpaired) electrons. The maximum Gasteiger partial charge on any atom is 0.338 e. The number of aryl methyl sites for hydroxylation is 1. The highest BCUT2D eigenvalue weighted by Gasteiger charge is 2.16. The van der Waals surface area contributed by atoms with Gasteiger partial charge in [-0.1, -0.05) is 54.1 Å². The Hall–Kier alpha value is -4.44. The van der Waals surface area contributed by atoms with Crippen molar-refractivity contribution in [3.8, 4) is 16.9 Å². The lowest BCUT2D eigenvalue weighted by molar-refractivity contribution is -0.119. The monoisotopic (exact) mass is 504 g/mol. The van der Waals surface area contributed by atoms with Gasteiger partial charge in [0, 0.05) is 17.3 Å². The van der Waals surface area contributed by atoms with Crippen LogP contribution in [-0.4, -0.2) is 42.9 Å². The molecule has 1 heterocycles. The highest BCUT2D eigenvalue weighted by molar-refractivity contribution is 7.92. The fraction of sp³-hybridized carbons (Fsp3) is 0.115. The number of nitrogens with zero attached hydrogens (tertiary/aromatic N) is 2. The van der Waals surface area contributed by atoms with Gasteiger partial charge >= 0.3 is 5.97 Å². The Morgan fingerprint density at radius 1 is 0.944 bits per heavy atom. The molecular weight excluding hydrogens is 480 g/mol. The lowest BCUT2D eigenvalue weighted by Crippen LogP contribution is -2.22. The summed E-state index contributed by atoms with van der Waals surface area (Å²) in [7, 11) is -3.50. The molecule has 0 saturated carbocycles.